The second-order valence-corrected chi connectivity index (χ2v) is 15.7. The van der Waals surface area contributed by atoms with E-state index in [0.717, 1.165) is 18.2 Å². The van der Waals surface area contributed by atoms with Crippen molar-refractivity contribution in [2.24, 2.45) is 5.41 Å². The molecule has 1 aliphatic rings. The van der Waals surface area contributed by atoms with Crippen LogP contribution in [0.1, 0.15) is 19.4 Å². The normalized spacial score (nSPS) is 13.5. The molecule has 0 spiro atoms. The van der Waals surface area contributed by atoms with Gasteiger partial charge in [-0.15, -0.1) is 0 Å². The summed E-state index contributed by atoms with van der Waals surface area (Å²) in [7, 11) is -0.822. The molecule has 2 amide bonds. The fourth-order valence-electron chi connectivity index (χ4n) is 5.03. The number of nitrogens with zero attached hydrogens (tertiary/aromatic N) is 4. The maximum Gasteiger partial charge on any atom is 0.319 e. The highest BCUT2D eigenvalue weighted by Gasteiger charge is 2.39. The quantitative estimate of drug-likeness (QED) is 0.120. The number of hydrogen-bond donors (Lipinski definition) is 2. The lowest BCUT2D eigenvalue weighted by atomic mass is 9.88. The lowest BCUT2D eigenvalue weighted by Crippen LogP contribution is -2.50. The van der Waals surface area contributed by atoms with Crippen molar-refractivity contribution in [3.8, 4) is 40.5 Å². The molecular formula is C34H36F2N6O5Si. The summed E-state index contributed by atoms with van der Waals surface area (Å²) in [4.78, 5) is 16.9. The first kappa shape index (κ1) is 34.3. The van der Waals surface area contributed by atoms with E-state index in [2.05, 4.69) is 40.9 Å². The van der Waals surface area contributed by atoms with E-state index in [9.17, 15) is 15.3 Å². The van der Waals surface area contributed by atoms with Gasteiger partial charge in [0, 0.05) is 57.7 Å². The van der Waals surface area contributed by atoms with Crippen molar-refractivity contribution in [2.75, 3.05) is 31.7 Å². The summed E-state index contributed by atoms with van der Waals surface area (Å²) < 4.78 is 55.3. The third-order valence-corrected chi connectivity index (χ3v) is 9.00. The molecule has 2 aromatic heterocycles. The van der Waals surface area contributed by atoms with Gasteiger partial charge in [0.05, 0.1) is 36.3 Å². The average Bonchev–Trinajstić information content (AvgIpc) is 3.40. The van der Waals surface area contributed by atoms with E-state index in [1.54, 1.807) is 29.0 Å². The summed E-state index contributed by atoms with van der Waals surface area (Å²) in [5, 5.41) is 24.5. The van der Waals surface area contributed by atoms with Crippen molar-refractivity contribution in [3.63, 3.8) is 0 Å². The number of halogens is 2. The van der Waals surface area contributed by atoms with E-state index in [1.807, 2.05) is 13.8 Å². The maximum atomic E-state index is 15.4. The molecule has 1 aliphatic heterocycles. The fourth-order valence-corrected chi connectivity index (χ4v) is 5.67. The molecule has 4 aromatic rings. The molecule has 0 bridgehead atoms. The lowest BCUT2D eigenvalue weighted by Gasteiger charge is -2.34. The Kier molecular flexibility index (Phi) is 10.6. The molecule has 14 heteroatoms. The number of urea groups is 1. The predicted molar refractivity (Wildman–Crippen MR) is 178 cm³/mol. The number of fused-ring (bicyclic) bond motifs is 1. The van der Waals surface area contributed by atoms with Crippen molar-refractivity contribution in [1.29, 1.82) is 10.5 Å². The summed E-state index contributed by atoms with van der Waals surface area (Å²) in [6.45, 7) is 9.38. The fraction of sp³-hybridized carbons (Fsp3) is 0.353. The zero-order chi connectivity index (χ0) is 34.4. The van der Waals surface area contributed by atoms with Crippen molar-refractivity contribution >= 4 is 31.5 Å². The van der Waals surface area contributed by atoms with Gasteiger partial charge in [0.1, 0.15) is 35.4 Å². The van der Waals surface area contributed by atoms with Gasteiger partial charge < -0.3 is 34.1 Å². The Morgan fingerprint density at radius 1 is 1.15 bits per heavy atom. The molecule has 3 heterocycles. The van der Waals surface area contributed by atoms with Crippen LogP contribution in [0, 0.1) is 39.7 Å². The number of nitriles is 2. The first-order chi connectivity index (χ1) is 23.0. The standard InChI is InChI=1S/C34H36F2N6O5Si/c1-21(2)46-28-6-5-22(11-23(28)14-37)25-15-42(20-44-9-10-48(3)4)32-30(25)29(7-8-39-32)47-31-26(35)12-24(13-27(31)36)41-33(43)40-17-34(16-38)18-45-19-34/h5-8,11-13,15,21,48H,9-10,17-20H2,1-4H3,(H2,40,41,43). The van der Waals surface area contributed by atoms with Crippen molar-refractivity contribution in [3.05, 3.63) is 66.0 Å². The largest absolute Gasteiger partial charge is 0.490 e. The first-order valence-corrected chi connectivity index (χ1v) is 18.6. The van der Waals surface area contributed by atoms with E-state index in [1.165, 1.54) is 12.3 Å². The number of carbonyl (C=O) groups is 1. The number of amides is 2. The van der Waals surface area contributed by atoms with Crippen LogP contribution in [-0.2, 0) is 16.2 Å². The molecule has 250 valence electrons. The van der Waals surface area contributed by atoms with Gasteiger partial charge in [-0.25, -0.2) is 18.6 Å². The number of nitrogens with one attached hydrogen (secondary N) is 2. The number of rotatable bonds is 13. The number of ether oxygens (including phenoxy) is 4. The van der Waals surface area contributed by atoms with Crippen LogP contribution in [0.25, 0.3) is 22.2 Å². The van der Waals surface area contributed by atoms with Crippen LogP contribution < -0.4 is 20.1 Å². The second kappa shape index (κ2) is 14.8. The smallest absolute Gasteiger partial charge is 0.319 e. The highest BCUT2D eigenvalue weighted by Crippen LogP contribution is 2.41. The molecule has 2 aromatic carbocycles. The minimum Gasteiger partial charge on any atom is -0.490 e. The summed E-state index contributed by atoms with van der Waals surface area (Å²) in [6, 6.07) is 13.1. The van der Waals surface area contributed by atoms with E-state index in [-0.39, 0.29) is 44.0 Å². The first-order valence-electron chi connectivity index (χ1n) is 15.5. The minimum atomic E-state index is -1.06. The van der Waals surface area contributed by atoms with Gasteiger partial charge in [0.25, 0.3) is 0 Å². The number of hydrogen-bond acceptors (Lipinski definition) is 8. The third kappa shape index (κ3) is 7.74. The van der Waals surface area contributed by atoms with Gasteiger partial charge in [-0.2, -0.15) is 10.5 Å². The summed E-state index contributed by atoms with van der Waals surface area (Å²) in [5.41, 5.74) is 1.04. The Labute approximate surface area is 278 Å². The molecule has 0 radical (unpaired) electrons. The Morgan fingerprint density at radius 3 is 2.52 bits per heavy atom. The SMILES string of the molecule is CC(C)Oc1ccc(-c2cn(COCC[SiH](C)C)c3nccc(Oc4c(F)cc(NC(=O)NCC5(C#N)COC5)cc4F)c23)cc1C#N. The van der Waals surface area contributed by atoms with Gasteiger partial charge in [-0.05, 0) is 43.7 Å². The molecule has 0 aliphatic carbocycles. The predicted octanol–water partition coefficient (Wildman–Crippen LogP) is 6.56. The number of carbonyl (C=O) groups excluding carboxylic acids is 1. The number of benzene rings is 2. The zero-order valence-electron chi connectivity index (χ0n) is 27.1. The van der Waals surface area contributed by atoms with Crippen LogP contribution in [-0.4, -0.2) is 56.8 Å². The monoisotopic (exact) mass is 674 g/mol. The van der Waals surface area contributed by atoms with Gasteiger partial charge in [0.15, 0.2) is 17.4 Å². The summed E-state index contributed by atoms with van der Waals surface area (Å²) >= 11 is 0. The summed E-state index contributed by atoms with van der Waals surface area (Å²) in [5.74, 6) is -2.24. The van der Waals surface area contributed by atoms with Crippen LogP contribution in [0.3, 0.4) is 0 Å². The molecular weight excluding hydrogens is 638 g/mol. The molecule has 1 saturated heterocycles. The van der Waals surface area contributed by atoms with Gasteiger partial charge >= 0.3 is 6.03 Å². The maximum absolute atomic E-state index is 15.4. The number of anilines is 1. The highest BCUT2D eigenvalue weighted by molar-refractivity contribution is 6.55. The van der Waals surface area contributed by atoms with Crippen LogP contribution in [0.15, 0.2) is 48.8 Å². The van der Waals surface area contributed by atoms with Crippen LogP contribution in [0.2, 0.25) is 19.1 Å². The van der Waals surface area contributed by atoms with Crippen LogP contribution in [0.4, 0.5) is 19.3 Å². The molecule has 48 heavy (non-hydrogen) atoms. The van der Waals surface area contributed by atoms with Crippen molar-refractivity contribution in [1.82, 2.24) is 14.9 Å². The van der Waals surface area contributed by atoms with Crippen LogP contribution >= 0.6 is 0 Å². The molecule has 0 atom stereocenters. The molecule has 5 rings (SSSR count). The number of pyridine rings is 1. The second-order valence-electron chi connectivity index (χ2n) is 12.3. The lowest BCUT2D eigenvalue weighted by molar-refractivity contribution is -0.0738. The van der Waals surface area contributed by atoms with Crippen molar-refractivity contribution < 1.29 is 32.5 Å². The van der Waals surface area contributed by atoms with Gasteiger partial charge in [-0.3, -0.25) is 0 Å². The number of aromatic nitrogens is 2. The minimum absolute atomic E-state index is 0.0232. The van der Waals surface area contributed by atoms with E-state index >= 15 is 8.78 Å². The Balaban J connectivity index is 1.46. The Bertz CT molecular complexity index is 1870. The van der Waals surface area contributed by atoms with Gasteiger partial charge in [0.2, 0.25) is 0 Å². The van der Waals surface area contributed by atoms with E-state index < -0.39 is 37.6 Å². The van der Waals surface area contributed by atoms with Gasteiger partial charge in [-0.1, -0.05) is 19.2 Å². The average molecular weight is 675 g/mol. The molecule has 0 unspecified atom stereocenters. The topological polar surface area (TPSA) is 143 Å². The third-order valence-electron chi connectivity index (χ3n) is 7.61. The summed E-state index contributed by atoms with van der Waals surface area (Å²) in [6.07, 6.45) is 3.14. The Hall–Kier alpha value is -5.02. The molecule has 2 N–H and O–H groups in total. The van der Waals surface area contributed by atoms with E-state index in [4.69, 9.17) is 18.9 Å². The Morgan fingerprint density at radius 2 is 1.90 bits per heavy atom. The van der Waals surface area contributed by atoms with Crippen molar-refractivity contribution in [2.45, 2.75) is 45.8 Å². The van der Waals surface area contributed by atoms with E-state index in [0.29, 0.717) is 40.1 Å². The van der Waals surface area contributed by atoms with Crippen LogP contribution in [0.5, 0.6) is 17.2 Å². The molecule has 1 fully saturated rings. The highest BCUT2D eigenvalue weighted by atomic mass is 28.3. The zero-order valence-corrected chi connectivity index (χ0v) is 28.3. The molecule has 0 saturated carbocycles. The molecule has 11 nitrogen and oxygen atoms in total.